The average Bonchev–Trinajstić information content (AvgIpc) is 2.79. The molecule has 122 valence electrons. The van der Waals surface area contributed by atoms with Crippen LogP contribution < -0.4 is 5.32 Å². The highest BCUT2D eigenvalue weighted by atomic mass is 16.5. The molecule has 7 nitrogen and oxygen atoms in total. The number of ether oxygens (including phenoxy) is 1. The second-order valence-electron chi connectivity index (χ2n) is 5.92. The second kappa shape index (κ2) is 7.22. The van der Waals surface area contributed by atoms with E-state index in [9.17, 15) is 9.59 Å². The smallest absolute Gasteiger partial charge is 0.328 e. The van der Waals surface area contributed by atoms with E-state index < -0.39 is 17.9 Å². The number of amides is 1. The molecule has 1 aromatic rings. The first-order valence-electron chi connectivity index (χ1n) is 6.96. The number of carbonyl (C=O) groups is 2. The van der Waals surface area contributed by atoms with E-state index in [2.05, 4.69) is 17.0 Å². The number of carboxylic acid groups (broad SMARTS) is 1. The first kappa shape index (κ1) is 17.9. The molecule has 0 aliphatic heterocycles. The molecule has 1 amide bonds. The van der Waals surface area contributed by atoms with Crippen LogP contribution in [0.5, 0.6) is 0 Å². The summed E-state index contributed by atoms with van der Waals surface area (Å²) in [6, 6.07) is -1.12. The number of nitrogens with zero attached hydrogens (tertiary/aromatic N) is 2. The normalized spacial score (nSPS) is 12.7. The molecule has 0 radical (unpaired) electrons. The van der Waals surface area contributed by atoms with Crippen LogP contribution in [0.25, 0.3) is 0 Å². The number of carbonyl (C=O) groups excluding carboxylic acids is 1. The van der Waals surface area contributed by atoms with Crippen molar-refractivity contribution in [3.05, 3.63) is 30.1 Å². The van der Waals surface area contributed by atoms with E-state index in [4.69, 9.17) is 9.84 Å². The number of hydrogen-bond donors (Lipinski definition) is 2. The van der Waals surface area contributed by atoms with Gasteiger partial charge in [-0.15, -0.1) is 6.58 Å². The molecule has 2 N–H and O–H groups in total. The van der Waals surface area contributed by atoms with Gasteiger partial charge in [-0.25, -0.2) is 4.79 Å². The number of aliphatic carboxylic acids is 1. The Morgan fingerprint density at radius 2 is 2.18 bits per heavy atom. The summed E-state index contributed by atoms with van der Waals surface area (Å²) >= 11 is 0. The van der Waals surface area contributed by atoms with Gasteiger partial charge in [-0.1, -0.05) is 6.08 Å². The van der Waals surface area contributed by atoms with Gasteiger partial charge in [0.2, 0.25) is 0 Å². The summed E-state index contributed by atoms with van der Waals surface area (Å²) in [5.74, 6) is -1.64. The Morgan fingerprint density at radius 1 is 1.55 bits per heavy atom. The van der Waals surface area contributed by atoms with Crippen molar-refractivity contribution >= 4 is 11.9 Å². The van der Waals surface area contributed by atoms with E-state index in [1.807, 2.05) is 20.8 Å². The van der Waals surface area contributed by atoms with Gasteiger partial charge in [0, 0.05) is 5.69 Å². The molecule has 0 bridgehead atoms. The zero-order valence-corrected chi connectivity index (χ0v) is 13.4. The highest BCUT2D eigenvalue weighted by molar-refractivity contribution is 5.97. The molecule has 1 heterocycles. The summed E-state index contributed by atoms with van der Waals surface area (Å²) in [5.41, 5.74) is 0.771. The van der Waals surface area contributed by atoms with E-state index in [-0.39, 0.29) is 18.8 Å². The monoisotopic (exact) mass is 309 g/mol. The van der Waals surface area contributed by atoms with Crippen LogP contribution in [0.3, 0.4) is 0 Å². The molecule has 0 fully saturated rings. The molecule has 0 aliphatic carbocycles. The molecule has 1 aromatic heterocycles. The lowest BCUT2D eigenvalue weighted by Crippen LogP contribution is -2.44. The molecular weight excluding hydrogens is 286 g/mol. The van der Waals surface area contributed by atoms with Crippen LogP contribution in [0, 0.1) is 6.92 Å². The van der Waals surface area contributed by atoms with Crippen molar-refractivity contribution in [3.8, 4) is 0 Å². The van der Waals surface area contributed by atoms with Crippen molar-refractivity contribution in [1.29, 1.82) is 0 Å². The van der Waals surface area contributed by atoms with Crippen molar-refractivity contribution in [2.45, 2.75) is 39.3 Å². The van der Waals surface area contributed by atoms with Crippen LogP contribution in [0.1, 0.15) is 36.8 Å². The van der Waals surface area contributed by atoms with Crippen LogP contribution in [-0.2, 0) is 15.1 Å². The van der Waals surface area contributed by atoms with Crippen LogP contribution in [0.15, 0.2) is 18.9 Å². The Bertz CT molecular complexity index is 558. The fourth-order valence-electron chi connectivity index (χ4n) is 1.99. The predicted molar refractivity (Wildman–Crippen MR) is 81.9 cm³/mol. The predicted octanol–water partition coefficient (Wildman–Crippen LogP) is 1.33. The minimum atomic E-state index is -1.15. The molecule has 0 saturated heterocycles. The first-order chi connectivity index (χ1) is 10.2. The Morgan fingerprint density at radius 3 is 2.64 bits per heavy atom. The number of hydrogen-bond acceptors (Lipinski definition) is 4. The summed E-state index contributed by atoms with van der Waals surface area (Å²) in [4.78, 5) is 23.4. The van der Waals surface area contributed by atoms with Crippen LogP contribution in [0.2, 0.25) is 0 Å². The van der Waals surface area contributed by atoms with Gasteiger partial charge in [-0.05, 0) is 27.7 Å². The Labute approximate surface area is 130 Å². The second-order valence-corrected chi connectivity index (χ2v) is 5.92. The SMILES string of the molecule is C=CCOCC(NC(=O)c1cnn(C(C)(C)C)c1C)C(=O)O. The summed E-state index contributed by atoms with van der Waals surface area (Å²) in [6.07, 6.45) is 2.96. The summed E-state index contributed by atoms with van der Waals surface area (Å²) < 4.78 is 6.83. The van der Waals surface area contributed by atoms with Crippen molar-refractivity contribution in [3.63, 3.8) is 0 Å². The van der Waals surface area contributed by atoms with Crippen molar-refractivity contribution in [2.24, 2.45) is 0 Å². The van der Waals surface area contributed by atoms with E-state index >= 15 is 0 Å². The van der Waals surface area contributed by atoms with Crippen LogP contribution >= 0.6 is 0 Å². The molecule has 1 rings (SSSR count). The summed E-state index contributed by atoms with van der Waals surface area (Å²) in [7, 11) is 0. The van der Waals surface area contributed by atoms with Crippen molar-refractivity contribution in [1.82, 2.24) is 15.1 Å². The van der Waals surface area contributed by atoms with Gasteiger partial charge in [0.1, 0.15) is 0 Å². The number of aromatic nitrogens is 2. The Balaban J connectivity index is 2.85. The van der Waals surface area contributed by atoms with Crippen LogP contribution in [-0.4, -0.2) is 46.0 Å². The lowest BCUT2D eigenvalue weighted by atomic mass is 10.1. The average molecular weight is 309 g/mol. The first-order valence-corrected chi connectivity index (χ1v) is 6.96. The van der Waals surface area contributed by atoms with E-state index in [1.54, 1.807) is 11.6 Å². The standard InChI is InChI=1S/C15H23N3O4/c1-6-7-22-9-12(14(20)21)17-13(19)11-8-16-18(10(11)2)15(3,4)5/h6,8,12H,1,7,9H2,2-5H3,(H,17,19)(H,20,21). The third-order valence-electron chi connectivity index (χ3n) is 3.01. The highest BCUT2D eigenvalue weighted by Gasteiger charge is 2.25. The quantitative estimate of drug-likeness (QED) is 0.585. The van der Waals surface area contributed by atoms with Gasteiger partial charge in [0.15, 0.2) is 6.04 Å². The van der Waals surface area contributed by atoms with E-state index in [0.717, 1.165) is 0 Å². The number of rotatable bonds is 7. The summed E-state index contributed by atoms with van der Waals surface area (Å²) in [6.45, 7) is 11.3. The lowest BCUT2D eigenvalue weighted by molar-refractivity contribution is -0.140. The molecule has 0 saturated carbocycles. The van der Waals surface area contributed by atoms with Crippen molar-refractivity contribution < 1.29 is 19.4 Å². The van der Waals surface area contributed by atoms with Gasteiger partial charge in [0.25, 0.3) is 5.91 Å². The largest absolute Gasteiger partial charge is 0.480 e. The molecule has 0 aliphatic rings. The minimum absolute atomic E-state index is 0.125. The fourth-order valence-corrected chi connectivity index (χ4v) is 1.99. The highest BCUT2D eigenvalue weighted by Crippen LogP contribution is 2.18. The maximum atomic E-state index is 12.2. The van der Waals surface area contributed by atoms with E-state index in [1.165, 1.54) is 12.3 Å². The molecular formula is C15H23N3O4. The van der Waals surface area contributed by atoms with Gasteiger partial charge in [-0.3, -0.25) is 9.48 Å². The Kier molecular flexibility index (Phi) is 5.87. The number of nitrogens with one attached hydrogen (secondary N) is 1. The molecule has 0 aromatic carbocycles. The topological polar surface area (TPSA) is 93.5 Å². The van der Waals surface area contributed by atoms with Gasteiger partial charge in [0.05, 0.1) is 30.5 Å². The van der Waals surface area contributed by atoms with Crippen LogP contribution in [0.4, 0.5) is 0 Å². The maximum absolute atomic E-state index is 12.2. The Hall–Kier alpha value is -2.15. The molecule has 1 unspecified atom stereocenters. The van der Waals surface area contributed by atoms with Gasteiger partial charge < -0.3 is 15.2 Å². The van der Waals surface area contributed by atoms with Gasteiger partial charge >= 0.3 is 5.97 Å². The zero-order chi connectivity index (χ0) is 16.9. The molecule has 0 spiro atoms. The zero-order valence-electron chi connectivity index (χ0n) is 13.4. The third kappa shape index (κ3) is 4.42. The maximum Gasteiger partial charge on any atom is 0.328 e. The van der Waals surface area contributed by atoms with Gasteiger partial charge in [-0.2, -0.15) is 5.10 Å². The van der Waals surface area contributed by atoms with E-state index in [0.29, 0.717) is 11.3 Å². The number of carboxylic acids is 1. The summed E-state index contributed by atoms with van der Waals surface area (Å²) in [5, 5.41) is 15.8. The third-order valence-corrected chi connectivity index (χ3v) is 3.01. The molecule has 7 heteroatoms. The molecule has 22 heavy (non-hydrogen) atoms. The lowest BCUT2D eigenvalue weighted by Gasteiger charge is -2.21. The fraction of sp³-hybridized carbons (Fsp3) is 0.533. The molecule has 1 atom stereocenters. The minimum Gasteiger partial charge on any atom is -0.480 e. The van der Waals surface area contributed by atoms with Crippen molar-refractivity contribution in [2.75, 3.05) is 13.2 Å².